The van der Waals surface area contributed by atoms with Crippen LogP contribution in [0.15, 0.2) is 34.1 Å². The summed E-state index contributed by atoms with van der Waals surface area (Å²) in [6.07, 6.45) is 2.98. The molecule has 1 heterocycles. The molecule has 1 amide bonds. The molecular weight excluding hydrogens is 374 g/mol. The number of nitrogens with two attached hydrogens (primary N) is 1. The summed E-state index contributed by atoms with van der Waals surface area (Å²) in [7, 11) is 1.86. The Labute approximate surface area is 148 Å². The lowest BCUT2D eigenvalue weighted by Crippen LogP contribution is -2.34. The van der Waals surface area contributed by atoms with Gasteiger partial charge in [0, 0.05) is 35.3 Å². The molecule has 1 saturated carbocycles. The second kappa shape index (κ2) is 6.71. The first-order chi connectivity index (χ1) is 11.0. The number of carbonyl (C=O) groups is 1. The lowest BCUT2D eigenvalue weighted by molar-refractivity contribution is 0.0776. The van der Waals surface area contributed by atoms with E-state index in [4.69, 9.17) is 5.73 Å². The van der Waals surface area contributed by atoms with Crippen LogP contribution in [0, 0.1) is 0 Å². The van der Waals surface area contributed by atoms with Crippen LogP contribution in [0.1, 0.15) is 33.9 Å². The number of halogens is 1. The standard InChI is InChI=1S/C17H20BrN3OS/c1-21(16(22)14-10-23-15(20-14)6-9-19)11-17(7-8-17)12-2-4-13(18)5-3-12/h2-5,10H,6-9,11,19H2,1H3. The molecule has 2 aromatic rings. The molecule has 0 saturated heterocycles. The maximum Gasteiger partial charge on any atom is 0.273 e. The van der Waals surface area contributed by atoms with Gasteiger partial charge >= 0.3 is 0 Å². The zero-order valence-electron chi connectivity index (χ0n) is 13.1. The number of carbonyl (C=O) groups excluding carboxylic acids is 1. The second-order valence-electron chi connectivity index (χ2n) is 6.11. The summed E-state index contributed by atoms with van der Waals surface area (Å²) in [5, 5.41) is 2.77. The highest BCUT2D eigenvalue weighted by Gasteiger charge is 2.45. The normalized spacial score (nSPS) is 15.4. The molecule has 3 rings (SSSR count). The van der Waals surface area contributed by atoms with Crippen LogP contribution in [-0.4, -0.2) is 35.9 Å². The molecule has 6 heteroatoms. The van der Waals surface area contributed by atoms with Gasteiger partial charge in [-0.15, -0.1) is 11.3 Å². The Morgan fingerprint density at radius 1 is 1.39 bits per heavy atom. The summed E-state index contributed by atoms with van der Waals surface area (Å²) in [6, 6.07) is 8.43. The van der Waals surface area contributed by atoms with Crippen molar-refractivity contribution in [2.75, 3.05) is 20.1 Å². The van der Waals surface area contributed by atoms with Crippen molar-refractivity contribution >= 4 is 33.2 Å². The van der Waals surface area contributed by atoms with Crippen LogP contribution >= 0.6 is 27.3 Å². The Kier molecular flexibility index (Phi) is 4.85. The van der Waals surface area contributed by atoms with Crippen LogP contribution in [0.25, 0.3) is 0 Å². The molecule has 1 fully saturated rings. The van der Waals surface area contributed by atoms with Gasteiger partial charge in [-0.05, 0) is 37.1 Å². The maximum absolute atomic E-state index is 12.6. The van der Waals surface area contributed by atoms with Crippen LogP contribution in [0.4, 0.5) is 0 Å². The van der Waals surface area contributed by atoms with Gasteiger partial charge < -0.3 is 10.6 Å². The van der Waals surface area contributed by atoms with Crippen molar-refractivity contribution in [3.63, 3.8) is 0 Å². The Morgan fingerprint density at radius 3 is 2.70 bits per heavy atom. The minimum Gasteiger partial charge on any atom is -0.339 e. The number of aromatic nitrogens is 1. The van der Waals surface area contributed by atoms with Gasteiger partial charge in [-0.25, -0.2) is 4.98 Å². The average Bonchev–Trinajstić information content (AvgIpc) is 3.16. The first-order valence-corrected chi connectivity index (χ1v) is 9.37. The molecule has 0 bridgehead atoms. The molecule has 0 atom stereocenters. The topological polar surface area (TPSA) is 59.2 Å². The first-order valence-electron chi connectivity index (χ1n) is 7.70. The van der Waals surface area contributed by atoms with Crippen LogP contribution in [0.3, 0.4) is 0 Å². The second-order valence-corrected chi connectivity index (χ2v) is 7.97. The van der Waals surface area contributed by atoms with E-state index >= 15 is 0 Å². The number of nitrogens with zero attached hydrogens (tertiary/aromatic N) is 2. The molecule has 0 unspecified atom stereocenters. The highest BCUT2D eigenvalue weighted by atomic mass is 79.9. The lowest BCUT2D eigenvalue weighted by Gasteiger charge is -2.24. The van der Waals surface area contributed by atoms with E-state index in [0.29, 0.717) is 12.2 Å². The molecule has 1 aliphatic rings. The predicted molar refractivity (Wildman–Crippen MR) is 96.9 cm³/mol. The zero-order valence-corrected chi connectivity index (χ0v) is 15.5. The van der Waals surface area contributed by atoms with Crippen LogP contribution in [0.2, 0.25) is 0 Å². The van der Waals surface area contributed by atoms with Crippen molar-refractivity contribution < 1.29 is 4.79 Å². The van der Waals surface area contributed by atoms with Gasteiger partial charge in [0.2, 0.25) is 0 Å². The molecule has 0 radical (unpaired) electrons. The van der Waals surface area contributed by atoms with E-state index < -0.39 is 0 Å². The van der Waals surface area contributed by atoms with Gasteiger partial charge in [-0.3, -0.25) is 4.79 Å². The van der Waals surface area contributed by atoms with Gasteiger partial charge in [-0.2, -0.15) is 0 Å². The molecule has 122 valence electrons. The average molecular weight is 394 g/mol. The van der Waals surface area contributed by atoms with Crippen molar-refractivity contribution in [3.8, 4) is 0 Å². The maximum atomic E-state index is 12.6. The fraction of sp³-hybridized carbons (Fsp3) is 0.412. The van der Waals surface area contributed by atoms with E-state index in [0.717, 1.165) is 35.3 Å². The molecule has 4 nitrogen and oxygen atoms in total. The number of benzene rings is 1. The van der Waals surface area contributed by atoms with Crippen LogP contribution in [-0.2, 0) is 11.8 Å². The Balaban J connectivity index is 1.69. The predicted octanol–water partition coefficient (Wildman–Crippen LogP) is 3.21. The third-order valence-corrected chi connectivity index (χ3v) is 5.76. The van der Waals surface area contributed by atoms with Crippen LogP contribution in [0.5, 0.6) is 0 Å². The summed E-state index contributed by atoms with van der Waals surface area (Å²) >= 11 is 4.98. The molecule has 23 heavy (non-hydrogen) atoms. The Hall–Kier alpha value is -1.24. The molecular formula is C17H20BrN3OS. The fourth-order valence-electron chi connectivity index (χ4n) is 2.86. The van der Waals surface area contributed by atoms with Crippen molar-refractivity contribution in [3.05, 3.63) is 50.4 Å². The van der Waals surface area contributed by atoms with Gasteiger partial charge in [0.05, 0.1) is 5.01 Å². The molecule has 0 spiro atoms. The quantitative estimate of drug-likeness (QED) is 0.819. The number of amides is 1. The van der Waals surface area contributed by atoms with E-state index in [9.17, 15) is 4.79 Å². The van der Waals surface area contributed by atoms with E-state index in [1.807, 2.05) is 12.4 Å². The number of rotatable bonds is 6. The van der Waals surface area contributed by atoms with Gasteiger partial charge in [0.1, 0.15) is 5.69 Å². The third kappa shape index (κ3) is 3.65. The van der Waals surface area contributed by atoms with E-state index in [-0.39, 0.29) is 11.3 Å². The van der Waals surface area contributed by atoms with E-state index in [1.165, 1.54) is 16.9 Å². The lowest BCUT2D eigenvalue weighted by atomic mass is 9.95. The molecule has 1 aromatic heterocycles. The monoisotopic (exact) mass is 393 g/mol. The zero-order chi connectivity index (χ0) is 16.4. The van der Waals surface area contributed by atoms with Crippen molar-refractivity contribution in [2.45, 2.75) is 24.7 Å². The van der Waals surface area contributed by atoms with Crippen LogP contribution < -0.4 is 5.73 Å². The molecule has 1 aliphatic carbocycles. The highest BCUT2D eigenvalue weighted by molar-refractivity contribution is 9.10. The largest absolute Gasteiger partial charge is 0.339 e. The summed E-state index contributed by atoms with van der Waals surface area (Å²) in [5.41, 5.74) is 7.50. The molecule has 1 aromatic carbocycles. The summed E-state index contributed by atoms with van der Waals surface area (Å²) in [6.45, 7) is 1.29. The Morgan fingerprint density at radius 2 is 2.09 bits per heavy atom. The summed E-state index contributed by atoms with van der Waals surface area (Å²) < 4.78 is 1.08. The summed E-state index contributed by atoms with van der Waals surface area (Å²) in [4.78, 5) is 18.8. The van der Waals surface area contributed by atoms with E-state index in [1.54, 1.807) is 4.90 Å². The first kappa shape index (κ1) is 16.6. The SMILES string of the molecule is CN(CC1(c2ccc(Br)cc2)CC1)C(=O)c1csc(CCN)n1. The smallest absolute Gasteiger partial charge is 0.273 e. The van der Waals surface area contributed by atoms with Crippen molar-refractivity contribution in [1.82, 2.24) is 9.88 Å². The fourth-order valence-corrected chi connectivity index (χ4v) is 3.91. The van der Waals surface area contributed by atoms with Gasteiger partial charge in [-0.1, -0.05) is 28.1 Å². The minimum absolute atomic E-state index is 0.00657. The number of thiazole rings is 1. The van der Waals surface area contributed by atoms with Gasteiger partial charge in [0.25, 0.3) is 5.91 Å². The minimum atomic E-state index is -0.00657. The number of likely N-dealkylation sites (N-methyl/N-ethyl adjacent to an activating group) is 1. The molecule has 0 aliphatic heterocycles. The van der Waals surface area contributed by atoms with Crippen molar-refractivity contribution in [2.24, 2.45) is 5.73 Å². The third-order valence-electron chi connectivity index (χ3n) is 4.33. The highest BCUT2D eigenvalue weighted by Crippen LogP contribution is 2.48. The number of hydrogen-bond donors (Lipinski definition) is 1. The number of hydrogen-bond acceptors (Lipinski definition) is 4. The van der Waals surface area contributed by atoms with E-state index in [2.05, 4.69) is 45.2 Å². The summed E-state index contributed by atoms with van der Waals surface area (Å²) in [5.74, 6) is -0.00657. The van der Waals surface area contributed by atoms with Crippen molar-refractivity contribution in [1.29, 1.82) is 0 Å². The van der Waals surface area contributed by atoms with Gasteiger partial charge in [0.15, 0.2) is 0 Å². The molecule has 2 N–H and O–H groups in total. The Bertz CT molecular complexity index is 694.